The summed E-state index contributed by atoms with van der Waals surface area (Å²) in [6.45, 7) is 2.38. The van der Waals surface area contributed by atoms with E-state index in [0.717, 1.165) is 24.2 Å². The van der Waals surface area contributed by atoms with E-state index in [2.05, 4.69) is 11.9 Å². The van der Waals surface area contributed by atoms with E-state index in [9.17, 15) is 0 Å². The molecule has 0 bridgehead atoms. The van der Waals surface area contributed by atoms with Crippen LogP contribution in [0.1, 0.15) is 39.0 Å². The molecule has 0 spiro atoms. The standard InChI is InChI=1S/C11H19NO/c1-8-4-3-5-10-9(8)6-7-11(12-10)13-2/h8-10H,3-7H2,1-2H3/t8-,9+,10-/m1/s1. The molecular weight excluding hydrogens is 162 g/mol. The minimum absolute atomic E-state index is 0.576. The van der Waals surface area contributed by atoms with Gasteiger partial charge in [0.15, 0.2) is 5.90 Å². The molecule has 0 unspecified atom stereocenters. The van der Waals surface area contributed by atoms with E-state index < -0.39 is 0 Å². The molecule has 1 saturated carbocycles. The van der Waals surface area contributed by atoms with Crippen molar-refractivity contribution in [2.75, 3.05) is 7.11 Å². The van der Waals surface area contributed by atoms with Crippen LogP contribution in [0.25, 0.3) is 0 Å². The molecule has 0 N–H and O–H groups in total. The van der Waals surface area contributed by atoms with Crippen LogP contribution < -0.4 is 0 Å². The van der Waals surface area contributed by atoms with Crippen molar-refractivity contribution in [2.24, 2.45) is 16.8 Å². The molecular formula is C11H19NO. The van der Waals surface area contributed by atoms with E-state index >= 15 is 0 Å². The van der Waals surface area contributed by atoms with Crippen LogP contribution in [0.3, 0.4) is 0 Å². The molecule has 0 aromatic rings. The number of aliphatic imine (C=N–C) groups is 1. The summed E-state index contributed by atoms with van der Waals surface area (Å²) in [5.74, 6) is 2.70. The normalized spacial score (nSPS) is 39.2. The molecule has 74 valence electrons. The van der Waals surface area contributed by atoms with E-state index in [-0.39, 0.29) is 0 Å². The summed E-state index contributed by atoms with van der Waals surface area (Å²) in [6, 6.07) is 0.576. The third kappa shape index (κ3) is 1.72. The van der Waals surface area contributed by atoms with Crippen LogP contribution in [-0.4, -0.2) is 19.0 Å². The molecule has 2 rings (SSSR count). The topological polar surface area (TPSA) is 21.6 Å². The van der Waals surface area contributed by atoms with Gasteiger partial charge in [0, 0.05) is 6.42 Å². The van der Waals surface area contributed by atoms with Crippen LogP contribution in [0.2, 0.25) is 0 Å². The van der Waals surface area contributed by atoms with Gasteiger partial charge >= 0.3 is 0 Å². The highest BCUT2D eigenvalue weighted by molar-refractivity contribution is 5.76. The lowest BCUT2D eigenvalue weighted by molar-refractivity contribution is 0.193. The number of rotatable bonds is 0. The van der Waals surface area contributed by atoms with Crippen LogP contribution in [-0.2, 0) is 4.74 Å². The Balaban J connectivity index is 2.09. The fourth-order valence-corrected chi connectivity index (χ4v) is 2.79. The molecule has 0 saturated heterocycles. The lowest BCUT2D eigenvalue weighted by atomic mass is 9.73. The summed E-state index contributed by atoms with van der Waals surface area (Å²) >= 11 is 0. The van der Waals surface area contributed by atoms with Gasteiger partial charge in [0.25, 0.3) is 0 Å². The second-order valence-corrected chi connectivity index (χ2v) is 4.41. The van der Waals surface area contributed by atoms with Crippen molar-refractivity contribution in [3.05, 3.63) is 0 Å². The van der Waals surface area contributed by atoms with Crippen molar-refractivity contribution < 1.29 is 4.74 Å². The van der Waals surface area contributed by atoms with Gasteiger partial charge in [-0.25, -0.2) is 0 Å². The third-order valence-electron chi connectivity index (χ3n) is 3.62. The van der Waals surface area contributed by atoms with Crippen LogP contribution in [0.5, 0.6) is 0 Å². The largest absolute Gasteiger partial charge is 0.484 e. The summed E-state index contributed by atoms with van der Waals surface area (Å²) in [5, 5.41) is 0. The Labute approximate surface area is 80.4 Å². The molecule has 13 heavy (non-hydrogen) atoms. The van der Waals surface area contributed by atoms with E-state index in [0.29, 0.717) is 6.04 Å². The van der Waals surface area contributed by atoms with Gasteiger partial charge in [0.2, 0.25) is 0 Å². The van der Waals surface area contributed by atoms with Crippen molar-refractivity contribution in [1.29, 1.82) is 0 Å². The van der Waals surface area contributed by atoms with Gasteiger partial charge in [-0.3, -0.25) is 4.99 Å². The van der Waals surface area contributed by atoms with Gasteiger partial charge in [-0.2, -0.15) is 0 Å². The molecule has 0 radical (unpaired) electrons. The summed E-state index contributed by atoms with van der Waals surface area (Å²) < 4.78 is 5.23. The zero-order valence-corrected chi connectivity index (χ0v) is 8.62. The van der Waals surface area contributed by atoms with Gasteiger partial charge in [-0.05, 0) is 24.7 Å². The molecule has 3 atom stereocenters. The number of ether oxygens (including phenoxy) is 1. The Morgan fingerprint density at radius 3 is 2.92 bits per heavy atom. The Morgan fingerprint density at radius 1 is 1.31 bits per heavy atom. The van der Waals surface area contributed by atoms with E-state index in [1.165, 1.54) is 25.7 Å². The summed E-state index contributed by atoms with van der Waals surface area (Å²) in [6.07, 6.45) is 6.38. The lowest BCUT2D eigenvalue weighted by Crippen LogP contribution is -2.34. The highest BCUT2D eigenvalue weighted by Crippen LogP contribution is 2.37. The molecule has 1 fully saturated rings. The molecule has 0 amide bonds. The molecule has 0 aromatic heterocycles. The summed E-state index contributed by atoms with van der Waals surface area (Å²) in [4.78, 5) is 4.67. The molecule has 2 nitrogen and oxygen atoms in total. The lowest BCUT2D eigenvalue weighted by Gasteiger charge is -2.37. The Hall–Kier alpha value is -0.530. The fourth-order valence-electron chi connectivity index (χ4n) is 2.79. The highest BCUT2D eigenvalue weighted by Gasteiger charge is 2.33. The number of fused-ring (bicyclic) bond motifs is 1. The van der Waals surface area contributed by atoms with E-state index in [1.54, 1.807) is 7.11 Å². The molecule has 1 heterocycles. The van der Waals surface area contributed by atoms with Crippen molar-refractivity contribution in [3.63, 3.8) is 0 Å². The Morgan fingerprint density at radius 2 is 2.15 bits per heavy atom. The number of hydrogen-bond donors (Lipinski definition) is 0. The molecule has 2 aliphatic rings. The van der Waals surface area contributed by atoms with Gasteiger partial charge in [0.05, 0.1) is 13.2 Å². The predicted molar refractivity (Wildman–Crippen MR) is 54.0 cm³/mol. The zero-order valence-electron chi connectivity index (χ0n) is 8.62. The maximum Gasteiger partial charge on any atom is 0.183 e. The Kier molecular flexibility index (Phi) is 2.56. The first-order valence-electron chi connectivity index (χ1n) is 5.42. The number of methoxy groups -OCH3 is 1. The SMILES string of the molecule is COC1=N[C@@H]2CCC[C@@H](C)[C@@H]2CC1. The van der Waals surface area contributed by atoms with E-state index in [4.69, 9.17) is 4.74 Å². The highest BCUT2D eigenvalue weighted by atomic mass is 16.5. The summed E-state index contributed by atoms with van der Waals surface area (Å²) in [5.41, 5.74) is 0. The molecule has 0 aromatic carbocycles. The second kappa shape index (κ2) is 3.69. The predicted octanol–water partition coefficient (Wildman–Crippen LogP) is 2.63. The number of nitrogens with zero attached hydrogens (tertiary/aromatic N) is 1. The molecule has 1 aliphatic heterocycles. The maximum atomic E-state index is 5.23. The summed E-state index contributed by atoms with van der Waals surface area (Å²) in [7, 11) is 1.74. The van der Waals surface area contributed by atoms with Gasteiger partial charge in [0.1, 0.15) is 0 Å². The second-order valence-electron chi connectivity index (χ2n) is 4.41. The maximum absolute atomic E-state index is 5.23. The Bertz CT molecular complexity index is 212. The van der Waals surface area contributed by atoms with Crippen LogP contribution >= 0.6 is 0 Å². The van der Waals surface area contributed by atoms with Crippen LogP contribution in [0, 0.1) is 11.8 Å². The van der Waals surface area contributed by atoms with Crippen molar-refractivity contribution in [1.82, 2.24) is 0 Å². The average molecular weight is 181 g/mol. The van der Waals surface area contributed by atoms with Crippen molar-refractivity contribution in [2.45, 2.75) is 45.1 Å². The van der Waals surface area contributed by atoms with Crippen LogP contribution in [0.4, 0.5) is 0 Å². The monoisotopic (exact) mass is 181 g/mol. The van der Waals surface area contributed by atoms with Crippen LogP contribution in [0.15, 0.2) is 4.99 Å². The minimum Gasteiger partial charge on any atom is -0.484 e. The smallest absolute Gasteiger partial charge is 0.183 e. The van der Waals surface area contributed by atoms with E-state index in [1.807, 2.05) is 0 Å². The zero-order chi connectivity index (χ0) is 9.26. The third-order valence-corrected chi connectivity index (χ3v) is 3.62. The molecule has 1 aliphatic carbocycles. The van der Waals surface area contributed by atoms with Gasteiger partial charge < -0.3 is 4.74 Å². The van der Waals surface area contributed by atoms with Gasteiger partial charge in [-0.15, -0.1) is 0 Å². The first-order valence-corrected chi connectivity index (χ1v) is 5.42. The quantitative estimate of drug-likeness (QED) is 0.563. The van der Waals surface area contributed by atoms with Crippen molar-refractivity contribution in [3.8, 4) is 0 Å². The fraction of sp³-hybridized carbons (Fsp3) is 0.909. The van der Waals surface area contributed by atoms with Gasteiger partial charge in [-0.1, -0.05) is 19.8 Å². The average Bonchev–Trinajstić information content (AvgIpc) is 2.18. The first kappa shape index (κ1) is 9.04. The minimum atomic E-state index is 0.576. The molecule has 2 heteroatoms. The number of hydrogen-bond acceptors (Lipinski definition) is 2. The first-order chi connectivity index (χ1) is 6.31. The van der Waals surface area contributed by atoms with Crippen molar-refractivity contribution >= 4 is 5.90 Å².